The van der Waals surface area contributed by atoms with Gasteiger partial charge in [0, 0.05) is 29.4 Å². The number of rotatable bonds is 3. The summed E-state index contributed by atoms with van der Waals surface area (Å²) in [6.45, 7) is 0. The van der Waals surface area contributed by atoms with Crippen molar-refractivity contribution in [3.8, 4) is 11.3 Å². The van der Waals surface area contributed by atoms with Crippen molar-refractivity contribution in [2.24, 2.45) is 0 Å². The van der Waals surface area contributed by atoms with E-state index in [4.69, 9.17) is 0 Å². The number of benzene rings is 2. The van der Waals surface area contributed by atoms with E-state index in [-0.39, 0.29) is 11.3 Å². The summed E-state index contributed by atoms with van der Waals surface area (Å²) in [7, 11) is 1.54. The number of alkyl halides is 3. The van der Waals surface area contributed by atoms with Crippen LogP contribution in [0.1, 0.15) is 5.56 Å². The molecule has 3 aromatic rings. The van der Waals surface area contributed by atoms with Crippen molar-refractivity contribution < 1.29 is 18.0 Å². The van der Waals surface area contributed by atoms with Crippen LogP contribution in [0.3, 0.4) is 0 Å². The van der Waals surface area contributed by atoms with Gasteiger partial charge in [0.25, 0.3) is 5.56 Å². The Kier molecular flexibility index (Phi) is 4.08. The average Bonchev–Trinajstić information content (AvgIpc) is 2.60. The highest BCUT2D eigenvalue weighted by Gasteiger charge is 2.33. The van der Waals surface area contributed by atoms with Crippen LogP contribution in [0.15, 0.2) is 53.3 Å². The third kappa shape index (κ3) is 3.13. The Balaban J connectivity index is 2.21. The van der Waals surface area contributed by atoms with Crippen LogP contribution in [0.2, 0.25) is 0 Å². The number of halogens is 3. The molecular weight excluding hydrogens is 333 g/mol. The third-order valence-electron chi connectivity index (χ3n) is 3.92. The summed E-state index contributed by atoms with van der Waals surface area (Å²) >= 11 is 0. The van der Waals surface area contributed by atoms with Gasteiger partial charge >= 0.3 is 6.18 Å². The van der Waals surface area contributed by atoms with Crippen molar-refractivity contribution in [2.45, 2.75) is 6.18 Å². The fraction of sp³-hybridized carbons (Fsp3) is 0.111. The second-order valence-corrected chi connectivity index (χ2v) is 5.54. The largest absolute Gasteiger partial charge is 0.417 e. The molecule has 2 aromatic carbocycles. The Morgan fingerprint density at radius 2 is 1.80 bits per heavy atom. The quantitative estimate of drug-likeness (QED) is 0.733. The number of carbonyl (C=O) groups is 1. The second kappa shape index (κ2) is 6.08. The molecular formula is C18H13F3N2O2. The first-order valence-electron chi connectivity index (χ1n) is 7.33. The Morgan fingerprint density at radius 3 is 2.48 bits per heavy atom. The second-order valence-electron chi connectivity index (χ2n) is 5.54. The van der Waals surface area contributed by atoms with Gasteiger partial charge in [0.1, 0.15) is 0 Å². The van der Waals surface area contributed by atoms with Crippen molar-refractivity contribution in [1.82, 2.24) is 4.98 Å². The molecule has 1 N–H and O–H groups in total. The summed E-state index contributed by atoms with van der Waals surface area (Å²) in [5, 5.41) is 0.776. The van der Waals surface area contributed by atoms with E-state index < -0.39 is 17.3 Å². The fourth-order valence-corrected chi connectivity index (χ4v) is 2.64. The number of hydrogen-bond acceptors (Lipinski definition) is 2. The minimum absolute atomic E-state index is 0.0851. The molecule has 0 aliphatic rings. The van der Waals surface area contributed by atoms with Crippen molar-refractivity contribution in [1.29, 1.82) is 0 Å². The molecule has 0 unspecified atom stereocenters. The minimum atomic E-state index is -4.53. The van der Waals surface area contributed by atoms with Crippen molar-refractivity contribution in [3.05, 3.63) is 64.4 Å². The number of nitrogens with zero attached hydrogens (tertiary/aromatic N) is 1. The van der Waals surface area contributed by atoms with Gasteiger partial charge in [-0.1, -0.05) is 24.3 Å². The maximum atomic E-state index is 13.2. The molecule has 0 bridgehead atoms. The molecule has 0 atom stereocenters. The Hall–Kier alpha value is -3.09. The minimum Gasteiger partial charge on any atom is -0.321 e. The topological polar surface area (TPSA) is 53.2 Å². The van der Waals surface area contributed by atoms with Crippen LogP contribution in [0.25, 0.3) is 22.0 Å². The fourth-order valence-electron chi connectivity index (χ4n) is 2.64. The molecule has 0 saturated heterocycles. The number of carbonyl (C=O) groups excluding carboxylic acids is 1. The summed E-state index contributed by atoms with van der Waals surface area (Å²) in [6, 6.07) is 11.3. The predicted octanol–water partition coefficient (Wildman–Crippen LogP) is 3.81. The number of anilines is 1. The first-order valence-corrected chi connectivity index (χ1v) is 7.33. The van der Waals surface area contributed by atoms with E-state index in [9.17, 15) is 22.8 Å². The number of aromatic nitrogens is 1. The van der Waals surface area contributed by atoms with Gasteiger partial charge in [-0.05, 0) is 29.7 Å². The summed E-state index contributed by atoms with van der Waals surface area (Å²) < 4.78 is 39.6. The SMILES string of the molecule is CN(C=O)c1ccc2cc(-c3ccccc3C(F)(F)F)[nH]c(=O)c2c1. The molecule has 1 heterocycles. The van der Waals surface area contributed by atoms with Crippen LogP contribution in [-0.2, 0) is 11.0 Å². The number of nitrogens with one attached hydrogen (secondary N) is 1. The number of amides is 1. The lowest BCUT2D eigenvalue weighted by atomic mass is 10.0. The van der Waals surface area contributed by atoms with Gasteiger partial charge in [0.15, 0.2) is 0 Å². The van der Waals surface area contributed by atoms with E-state index in [2.05, 4.69) is 4.98 Å². The highest BCUT2D eigenvalue weighted by Crippen LogP contribution is 2.36. The molecule has 7 heteroatoms. The highest BCUT2D eigenvalue weighted by molar-refractivity contribution is 5.90. The van der Waals surface area contributed by atoms with Crippen LogP contribution in [0.5, 0.6) is 0 Å². The van der Waals surface area contributed by atoms with Gasteiger partial charge < -0.3 is 9.88 Å². The summed E-state index contributed by atoms with van der Waals surface area (Å²) in [5.74, 6) is 0. The van der Waals surface area contributed by atoms with E-state index >= 15 is 0 Å². The van der Waals surface area contributed by atoms with Gasteiger partial charge in [-0.15, -0.1) is 0 Å². The summed E-state index contributed by atoms with van der Waals surface area (Å²) in [5.41, 5.74) is -0.839. The van der Waals surface area contributed by atoms with Gasteiger partial charge in [-0.2, -0.15) is 13.2 Å². The van der Waals surface area contributed by atoms with E-state index in [1.54, 1.807) is 12.1 Å². The lowest BCUT2D eigenvalue weighted by Crippen LogP contribution is -2.15. The average molecular weight is 346 g/mol. The molecule has 25 heavy (non-hydrogen) atoms. The number of H-pyrrole nitrogens is 1. The smallest absolute Gasteiger partial charge is 0.321 e. The van der Waals surface area contributed by atoms with Gasteiger partial charge in [0.2, 0.25) is 6.41 Å². The highest BCUT2D eigenvalue weighted by atomic mass is 19.4. The molecule has 1 aromatic heterocycles. The molecule has 0 radical (unpaired) electrons. The molecule has 0 aliphatic heterocycles. The number of aromatic amines is 1. The number of pyridine rings is 1. The maximum Gasteiger partial charge on any atom is 0.417 e. The monoisotopic (exact) mass is 346 g/mol. The Bertz CT molecular complexity index is 1010. The molecule has 128 valence electrons. The molecule has 4 nitrogen and oxygen atoms in total. The van der Waals surface area contributed by atoms with Crippen molar-refractivity contribution >= 4 is 22.9 Å². The zero-order chi connectivity index (χ0) is 18.2. The first-order chi connectivity index (χ1) is 11.8. The Labute approximate surface area is 140 Å². The first kappa shape index (κ1) is 16.8. The van der Waals surface area contributed by atoms with E-state index in [1.165, 1.54) is 42.3 Å². The van der Waals surface area contributed by atoms with E-state index in [0.29, 0.717) is 22.9 Å². The van der Waals surface area contributed by atoms with Crippen LogP contribution in [0.4, 0.5) is 18.9 Å². The van der Waals surface area contributed by atoms with Gasteiger partial charge in [-0.3, -0.25) is 9.59 Å². The van der Waals surface area contributed by atoms with Gasteiger partial charge in [-0.25, -0.2) is 0 Å². The van der Waals surface area contributed by atoms with Crippen molar-refractivity contribution in [2.75, 3.05) is 11.9 Å². The van der Waals surface area contributed by atoms with Crippen LogP contribution < -0.4 is 10.5 Å². The molecule has 1 amide bonds. The molecule has 3 rings (SSSR count). The summed E-state index contributed by atoms with van der Waals surface area (Å²) in [6.07, 6.45) is -3.93. The maximum absolute atomic E-state index is 13.2. The number of fused-ring (bicyclic) bond motifs is 1. The zero-order valence-corrected chi connectivity index (χ0v) is 13.1. The standard InChI is InChI=1S/C18H13F3N2O2/c1-23(10-24)12-7-6-11-8-16(22-17(25)14(11)9-12)13-4-2-3-5-15(13)18(19,20)21/h2-10H,1H3,(H,22,25). The lowest BCUT2D eigenvalue weighted by molar-refractivity contribution is -0.137. The Morgan fingerprint density at radius 1 is 1.08 bits per heavy atom. The zero-order valence-electron chi connectivity index (χ0n) is 13.1. The van der Waals surface area contributed by atoms with E-state index in [1.807, 2.05) is 0 Å². The van der Waals surface area contributed by atoms with Crippen molar-refractivity contribution in [3.63, 3.8) is 0 Å². The third-order valence-corrected chi connectivity index (χ3v) is 3.92. The molecule has 0 fully saturated rings. The number of hydrogen-bond donors (Lipinski definition) is 1. The van der Waals surface area contributed by atoms with E-state index in [0.717, 1.165) is 6.07 Å². The molecule has 0 spiro atoms. The molecule has 0 aliphatic carbocycles. The predicted molar refractivity (Wildman–Crippen MR) is 89.5 cm³/mol. The van der Waals surface area contributed by atoms with Crippen LogP contribution >= 0.6 is 0 Å². The van der Waals surface area contributed by atoms with Crippen LogP contribution in [-0.4, -0.2) is 18.4 Å². The molecule has 0 saturated carbocycles. The summed E-state index contributed by atoms with van der Waals surface area (Å²) in [4.78, 5) is 27.0. The normalized spacial score (nSPS) is 11.5. The lowest BCUT2D eigenvalue weighted by Gasteiger charge is -2.14. The van der Waals surface area contributed by atoms with Crippen LogP contribution in [0, 0.1) is 0 Å². The van der Waals surface area contributed by atoms with Gasteiger partial charge in [0.05, 0.1) is 5.56 Å².